The minimum atomic E-state index is -0.913. The van der Waals surface area contributed by atoms with E-state index in [-0.39, 0.29) is 18.9 Å². The highest BCUT2D eigenvalue weighted by atomic mass is 32.1. The van der Waals surface area contributed by atoms with Crippen LogP contribution < -0.4 is 0 Å². The molecule has 15 heavy (non-hydrogen) atoms. The third kappa shape index (κ3) is 3.28. The van der Waals surface area contributed by atoms with Gasteiger partial charge in [0, 0.05) is 13.1 Å². The average molecular weight is 229 g/mol. The van der Waals surface area contributed by atoms with E-state index in [1.165, 1.54) is 11.1 Å². The standard InChI is InChI=1S/C8H11N3O3S/c1-2-11(4-3-7(12)13)8(14)6-5-9-10-15-6/h5H,2-4H2,1H3,(H,12,13). The molecule has 0 unspecified atom stereocenters. The van der Waals surface area contributed by atoms with Gasteiger partial charge in [0.15, 0.2) is 0 Å². The van der Waals surface area contributed by atoms with E-state index in [0.717, 1.165) is 11.5 Å². The largest absolute Gasteiger partial charge is 0.481 e. The van der Waals surface area contributed by atoms with Crippen LogP contribution in [-0.2, 0) is 4.79 Å². The van der Waals surface area contributed by atoms with Crippen LogP contribution in [0.4, 0.5) is 0 Å². The molecule has 1 aromatic rings. The number of carbonyl (C=O) groups is 2. The highest BCUT2D eigenvalue weighted by molar-refractivity contribution is 7.07. The maximum atomic E-state index is 11.7. The number of carbonyl (C=O) groups excluding carboxylic acids is 1. The van der Waals surface area contributed by atoms with Crippen molar-refractivity contribution in [3.8, 4) is 0 Å². The first-order valence-electron chi connectivity index (χ1n) is 4.43. The van der Waals surface area contributed by atoms with Gasteiger partial charge in [0.05, 0.1) is 12.6 Å². The number of carboxylic acid groups (broad SMARTS) is 1. The Kier molecular flexibility index (Phi) is 4.17. The quantitative estimate of drug-likeness (QED) is 0.793. The molecule has 1 N–H and O–H groups in total. The molecule has 0 spiro atoms. The van der Waals surface area contributed by atoms with Gasteiger partial charge in [-0.25, -0.2) is 0 Å². The third-order valence-corrected chi connectivity index (χ3v) is 2.49. The van der Waals surface area contributed by atoms with E-state index < -0.39 is 5.97 Å². The highest BCUT2D eigenvalue weighted by Crippen LogP contribution is 2.07. The molecule has 7 heteroatoms. The van der Waals surface area contributed by atoms with Gasteiger partial charge in [-0.15, -0.1) is 5.10 Å². The van der Waals surface area contributed by atoms with Crippen LogP contribution in [0.2, 0.25) is 0 Å². The Morgan fingerprint density at radius 3 is 2.80 bits per heavy atom. The highest BCUT2D eigenvalue weighted by Gasteiger charge is 2.16. The van der Waals surface area contributed by atoms with Crippen LogP contribution in [0.3, 0.4) is 0 Å². The van der Waals surface area contributed by atoms with Crippen LogP contribution in [0, 0.1) is 0 Å². The molecule has 0 aliphatic carbocycles. The van der Waals surface area contributed by atoms with Crippen molar-refractivity contribution in [1.29, 1.82) is 0 Å². The fraction of sp³-hybridized carbons (Fsp3) is 0.500. The zero-order valence-corrected chi connectivity index (χ0v) is 9.03. The first-order valence-corrected chi connectivity index (χ1v) is 5.21. The molecule has 0 radical (unpaired) electrons. The van der Waals surface area contributed by atoms with Crippen molar-refractivity contribution in [2.75, 3.05) is 13.1 Å². The molecule has 0 atom stereocenters. The Labute approximate surface area is 90.7 Å². The van der Waals surface area contributed by atoms with Crippen molar-refractivity contribution in [2.45, 2.75) is 13.3 Å². The van der Waals surface area contributed by atoms with Crippen LogP contribution >= 0.6 is 11.5 Å². The molecule has 1 aromatic heterocycles. The summed E-state index contributed by atoms with van der Waals surface area (Å²) in [6, 6.07) is 0. The Hall–Kier alpha value is -1.50. The lowest BCUT2D eigenvalue weighted by atomic mass is 10.3. The average Bonchev–Trinajstić information content (AvgIpc) is 2.70. The summed E-state index contributed by atoms with van der Waals surface area (Å²) in [5, 5.41) is 12.1. The molecule has 0 aromatic carbocycles. The summed E-state index contributed by atoms with van der Waals surface area (Å²) in [5.41, 5.74) is 0. The maximum Gasteiger partial charge on any atom is 0.305 e. The van der Waals surface area contributed by atoms with Gasteiger partial charge in [-0.05, 0) is 18.5 Å². The van der Waals surface area contributed by atoms with Crippen LogP contribution in [0.15, 0.2) is 6.20 Å². The van der Waals surface area contributed by atoms with Crippen molar-refractivity contribution in [3.05, 3.63) is 11.1 Å². The first-order chi connectivity index (χ1) is 7.15. The van der Waals surface area contributed by atoms with Gasteiger partial charge in [-0.2, -0.15) is 0 Å². The molecule has 0 fully saturated rings. The molecule has 6 nitrogen and oxygen atoms in total. The number of carboxylic acids is 1. The van der Waals surface area contributed by atoms with Gasteiger partial charge in [0.25, 0.3) is 5.91 Å². The van der Waals surface area contributed by atoms with Crippen LogP contribution in [-0.4, -0.2) is 44.6 Å². The minimum absolute atomic E-state index is 0.0498. The van der Waals surface area contributed by atoms with Crippen LogP contribution in [0.5, 0.6) is 0 Å². The monoisotopic (exact) mass is 229 g/mol. The van der Waals surface area contributed by atoms with E-state index >= 15 is 0 Å². The summed E-state index contributed by atoms with van der Waals surface area (Å²) in [4.78, 5) is 24.0. The molecule has 82 valence electrons. The summed E-state index contributed by atoms with van der Waals surface area (Å²) >= 11 is 1.01. The normalized spacial score (nSPS) is 9.93. The number of amides is 1. The summed E-state index contributed by atoms with van der Waals surface area (Å²) in [6.07, 6.45) is 1.34. The number of hydrogen-bond acceptors (Lipinski definition) is 5. The Balaban J connectivity index is 2.59. The number of hydrogen-bond donors (Lipinski definition) is 1. The molecule has 0 aliphatic rings. The lowest BCUT2D eigenvalue weighted by Crippen LogP contribution is -2.32. The minimum Gasteiger partial charge on any atom is -0.481 e. The molecular formula is C8H11N3O3S. The fourth-order valence-electron chi connectivity index (χ4n) is 1.05. The Morgan fingerprint density at radius 1 is 1.60 bits per heavy atom. The fourth-order valence-corrected chi connectivity index (χ4v) is 1.53. The molecule has 0 aliphatic heterocycles. The maximum absolute atomic E-state index is 11.7. The van der Waals surface area contributed by atoms with E-state index in [1.807, 2.05) is 0 Å². The van der Waals surface area contributed by atoms with Crippen LogP contribution in [0.25, 0.3) is 0 Å². The molecule has 0 saturated heterocycles. The molecule has 1 amide bonds. The third-order valence-electron chi connectivity index (χ3n) is 1.84. The van der Waals surface area contributed by atoms with Gasteiger partial charge < -0.3 is 10.0 Å². The second-order valence-corrected chi connectivity index (χ2v) is 3.60. The molecule has 0 bridgehead atoms. The van der Waals surface area contributed by atoms with Crippen LogP contribution in [0.1, 0.15) is 23.0 Å². The van der Waals surface area contributed by atoms with Gasteiger partial charge in [0.2, 0.25) is 0 Å². The zero-order valence-electron chi connectivity index (χ0n) is 8.21. The van der Waals surface area contributed by atoms with Crippen molar-refractivity contribution in [2.24, 2.45) is 0 Å². The molecule has 1 rings (SSSR count). The summed E-state index contributed by atoms with van der Waals surface area (Å²) in [7, 11) is 0. The van der Waals surface area contributed by atoms with Gasteiger partial charge in [-0.1, -0.05) is 4.49 Å². The van der Waals surface area contributed by atoms with E-state index in [1.54, 1.807) is 6.92 Å². The lowest BCUT2D eigenvalue weighted by Gasteiger charge is -2.18. The van der Waals surface area contributed by atoms with E-state index in [0.29, 0.717) is 11.4 Å². The summed E-state index contributed by atoms with van der Waals surface area (Å²) in [5.74, 6) is -1.13. The smallest absolute Gasteiger partial charge is 0.305 e. The van der Waals surface area contributed by atoms with E-state index in [4.69, 9.17) is 5.11 Å². The zero-order chi connectivity index (χ0) is 11.3. The van der Waals surface area contributed by atoms with Crippen molar-refractivity contribution in [1.82, 2.24) is 14.5 Å². The van der Waals surface area contributed by atoms with E-state index in [9.17, 15) is 9.59 Å². The second kappa shape index (κ2) is 5.40. The van der Waals surface area contributed by atoms with E-state index in [2.05, 4.69) is 9.59 Å². The SMILES string of the molecule is CCN(CCC(=O)O)C(=O)c1cnns1. The van der Waals surface area contributed by atoms with Gasteiger partial charge >= 0.3 is 5.97 Å². The summed E-state index contributed by atoms with van der Waals surface area (Å²) < 4.78 is 3.58. The predicted octanol–water partition coefficient (Wildman–Crippen LogP) is 0.475. The predicted molar refractivity (Wildman–Crippen MR) is 53.7 cm³/mol. The number of aromatic nitrogens is 2. The number of aliphatic carboxylic acids is 1. The first kappa shape index (κ1) is 11.6. The summed E-state index contributed by atoms with van der Waals surface area (Å²) in [6.45, 7) is 2.49. The number of nitrogens with zero attached hydrogens (tertiary/aromatic N) is 3. The molecular weight excluding hydrogens is 218 g/mol. The number of rotatable bonds is 5. The topological polar surface area (TPSA) is 83.4 Å². The van der Waals surface area contributed by atoms with Crippen molar-refractivity contribution in [3.63, 3.8) is 0 Å². The van der Waals surface area contributed by atoms with Gasteiger partial charge in [0.1, 0.15) is 4.88 Å². The van der Waals surface area contributed by atoms with Gasteiger partial charge in [-0.3, -0.25) is 9.59 Å². The second-order valence-electron chi connectivity index (χ2n) is 2.81. The molecule has 0 saturated carbocycles. The van der Waals surface area contributed by atoms with Crippen molar-refractivity contribution >= 4 is 23.4 Å². The lowest BCUT2D eigenvalue weighted by molar-refractivity contribution is -0.137. The van der Waals surface area contributed by atoms with Crippen molar-refractivity contribution < 1.29 is 14.7 Å². The Bertz CT molecular complexity index is 339. The Morgan fingerprint density at radius 2 is 2.33 bits per heavy atom. The molecule has 1 heterocycles.